The van der Waals surface area contributed by atoms with Crippen molar-refractivity contribution in [2.24, 2.45) is 5.73 Å². The lowest BCUT2D eigenvalue weighted by atomic mass is 10.1. The smallest absolute Gasteiger partial charge is 0.239 e. The van der Waals surface area contributed by atoms with Gasteiger partial charge in [-0.1, -0.05) is 12.1 Å². The first-order valence-electron chi connectivity index (χ1n) is 5.92. The Morgan fingerprint density at radius 1 is 1.44 bits per heavy atom. The highest BCUT2D eigenvalue weighted by molar-refractivity contribution is 5.85. The van der Waals surface area contributed by atoms with Gasteiger partial charge in [0, 0.05) is 0 Å². The maximum atomic E-state index is 11.6. The Balaban J connectivity index is 1.89. The molecule has 0 spiro atoms. The topological polar surface area (TPSA) is 73.6 Å². The molecule has 0 saturated carbocycles. The second-order valence-electron chi connectivity index (χ2n) is 4.93. The molecule has 1 atom stereocenters. The van der Waals surface area contributed by atoms with Gasteiger partial charge in [0.1, 0.15) is 12.7 Å². The lowest BCUT2D eigenvalue weighted by Gasteiger charge is -2.27. The summed E-state index contributed by atoms with van der Waals surface area (Å²) in [5.74, 6) is 1.24. The Kier molecular flexibility index (Phi) is 3.43. The maximum Gasteiger partial charge on any atom is 0.239 e. The lowest BCUT2D eigenvalue weighted by Crippen LogP contribution is -2.52. The van der Waals surface area contributed by atoms with Gasteiger partial charge in [0.25, 0.3) is 0 Å². The molecule has 0 fully saturated rings. The average Bonchev–Trinajstić information content (AvgIpc) is 2.34. The number of ether oxygens (including phenoxy) is 2. The molecule has 0 saturated heterocycles. The molecule has 0 aromatic heterocycles. The first-order valence-corrected chi connectivity index (χ1v) is 5.92. The minimum absolute atomic E-state index is 0.189. The minimum Gasteiger partial charge on any atom is -0.486 e. The zero-order valence-electron chi connectivity index (χ0n) is 10.6. The summed E-state index contributed by atoms with van der Waals surface area (Å²) in [6.07, 6.45) is -0.189. The summed E-state index contributed by atoms with van der Waals surface area (Å²) in [6.45, 7) is 4.13. The van der Waals surface area contributed by atoms with Crippen LogP contribution in [-0.2, 0) is 4.79 Å². The van der Waals surface area contributed by atoms with Crippen molar-refractivity contribution in [2.45, 2.75) is 25.5 Å². The van der Waals surface area contributed by atoms with E-state index in [1.54, 1.807) is 13.8 Å². The van der Waals surface area contributed by atoms with Crippen molar-refractivity contribution in [3.8, 4) is 11.5 Å². The Labute approximate surface area is 106 Å². The summed E-state index contributed by atoms with van der Waals surface area (Å²) in [6, 6.07) is 7.47. The number of carbonyl (C=O) groups excluding carboxylic acids is 1. The summed E-state index contributed by atoms with van der Waals surface area (Å²) in [5.41, 5.74) is 4.81. The van der Waals surface area contributed by atoms with Crippen molar-refractivity contribution in [1.29, 1.82) is 0 Å². The molecule has 1 aliphatic heterocycles. The molecule has 0 bridgehead atoms. The number of hydrogen-bond acceptors (Lipinski definition) is 4. The normalized spacial score (nSPS) is 18.3. The fraction of sp³-hybridized carbons (Fsp3) is 0.462. The summed E-state index contributed by atoms with van der Waals surface area (Å²) in [4.78, 5) is 11.6. The highest BCUT2D eigenvalue weighted by Crippen LogP contribution is 2.30. The summed E-state index contributed by atoms with van der Waals surface area (Å²) in [7, 11) is 0. The van der Waals surface area contributed by atoms with E-state index in [1.807, 2.05) is 24.3 Å². The first kappa shape index (κ1) is 12.7. The minimum atomic E-state index is -0.882. The summed E-state index contributed by atoms with van der Waals surface area (Å²) in [5, 5.41) is 2.75. The Bertz CT molecular complexity index is 440. The Morgan fingerprint density at radius 2 is 2.11 bits per heavy atom. The fourth-order valence-corrected chi connectivity index (χ4v) is 1.60. The van der Waals surface area contributed by atoms with E-state index in [1.165, 1.54) is 0 Å². The standard InChI is InChI=1S/C13H18N2O3/c1-13(2,14)12(16)15-7-9-8-17-10-5-3-4-6-11(10)18-9/h3-6,9H,7-8,14H2,1-2H3,(H,15,16). The van der Waals surface area contributed by atoms with Gasteiger partial charge >= 0.3 is 0 Å². The van der Waals surface area contributed by atoms with E-state index in [9.17, 15) is 4.79 Å². The van der Waals surface area contributed by atoms with Gasteiger partial charge in [-0.25, -0.2) is 0 Å². The van der Waals surface area contributed by atoms with E-state index in [2.05, 4.69) is 5.32 Å². The lowest BCUT2D eigenvalue weighted by molar-refractivity contribution is -0.125. The second kappa shape index (κ2) is 4.86. The SMILES string of the molecule is CC(C)(N)C(=O)NCC1COc2ccccc2O1. The van der Waals surface area contributed by atoms with Crippen molar-refractivity contribution in [2.75, 3.05) is 13.2 Å². The molecule has 3 N–H and O–H groups in total. The van der Waals surface area contributed by atoms with Crippen LogP contribution in [0.25, 0.3) is 0 Å². The average molecular weight is 250 g/mol. The predicted molar refractivity (Wildman–Crippen MR) is 67.6 cm³/mol. The van der Waals surface area contributed by atoms with Crippen LogP contribution in [0.5, 0.6) is 11.5 Å². The number of nitrogens with two attached hydrogens (primary N) is 1. The molecule has 18 heavy (non-hydrogen) atoms. The van der Waals surface area contributed by atoms with Crippen LogP contribution >= 0.6 is 0 Å². The van der Waals surface area contributed by atoms with Crippen molar-refractivity contribution in [3.05, 3.63) is 24.3 Å². The van der Waals surface area contributed by atoms with Crippen LogP contribution in [-0.4, -0.2) is 30.7 Å². The maximum absolute atomic E-state index is 11.6. The summed E-state index contributed by atoms with van der Waals surface area (Å²) < 4.78 is 11.3. The molecule has 2 rings (SSSR count). The van der Waals surface area contributed by atoms with Crippen LogP contribution in [0, 0.1) is 0 Å². The van der Waals surface area contributed by atoms with Crippen molar-refractivity contribution in [3.63, 3.8) is 0 Å². The van der Waals surface area contributed by atoms with Crippen LogP contribution in [0.15, 0.2) is 24.3 Å². The third-order valence-electron chi connectivity index (χ3n) is 2.64. The third-order valence-corrected chi connectivity index (χ3v) is 2.64. The van der Waals surface area contributed by atoms with Crippen molar-refractivity contribution in [1.82, 2.24) is 5.32 Å². The second-order valence-corrected chi connectivity index (χ2v) is 4.93. The van der Waals surface area contributed by atoms with Gasteiger partial charge in [-0.2, -0.15) is 0 Å². The molecule has 1 aromatic carbocycles. The van der Waals surface area contributed by atoms with Gasteiger partial charge in [-0.15, -0.1) is 0 Å². The fourth-order valence-electron chi connectivity index (χ4n) is 1.60. The number of benzene rings is 1. The predicted octanol–water partition coefficient (Wildman–Crippen LogP) is 0.680. The molecule has 1 aliphatic rings. The van der Waals surface area contributed by atoms with Crippen LogP contribution in [0.4, 0.5) is 0 Å². The number of para-hydroxylation sites is 2. The zero-order valence-corrected chi connectivity index (χ0v) is 10.6. The third kappa shape index (κ3) is 2.92. The molecule has 1 unspecified atom stereocenters. The van der Waals surface area contributed by atoms with Crippen LogP contribution in [0.1, 0.15) is 13.8 Å². The van der Waals surface area contributed by atoms with Gasteiger partial charge in [0.2, 0.25) is 5.91 Å². The zero-order chi connectivity index (χ0) is 13.2. The van der Waals surface area contributed by atoms with Crippen molar-refractivity contribution >= 4 is 5.91 Å². The van der Waals surface area contributed by atoms with E-state index >= 15 is 0 Å². The van der Waals surface area contributed by atoms with E-state index < -0.39 is 5.54 Å². The first-order chi connectivity index (χ1) is 8.47. The molecular weight excluding hydrogens is 232 g/mol. The van der Waals surface area contributed by atoms with Crippen LogP contribution in [0.2, 0.25) is 0 Å². The Hall–Kier alpha value is -1.75. The number of amides is 1. The quantitative estimate of drug-likeness (QED) is 0.827. The van der Waals surface area contributed by atoms with Crippen LogP contribution in [0.3, 0.4) is 0 Å². The molecule has 1 amide bonds. The molecule has 98 valence electrons. The number of nitrogens with one attached hydrogen (secondary N) is 1. The van der Waals surface area contributed by atoms with Gasteiger partial charge in [0.15, 0.2) is 11.5 Å². The molecule has 5 heteroatoms. The number of hydrogen-bond donors (Lipinski definition) is 2. The highest BCUT2D eigenvalue weighted by Gasteiger charge is 2.25. The summed E-state index contributed by atoms with van der Waals surface area (Å²) >= 11 is 0. The van der Waals surface area contributed by atoms with Gasteiger partial charge < -0.3 is 20.5 Å². The molecule has 1 aromatic rings. The van der Waals surface area contributed by atoms with Gasteiger partial charge in [0.05, 0.1) is 12.1 Å². The van der Waals surface area contributed by atoms with E-state index in [-0.39, 0.29) is 12.0 Å². The van der Waals surface area contributed by atoms with E-state index in [4.69, 9.17) is 15.2 Å². The largest absolute Gasteiger partial charge is 0.486 e. The number of rotatable bonds is 3. The molecule has 0 radical (unpaired) electrons. The molecule has 0 aliphatic carbocycles. The molecule has 5 nitrogen and oxygen atoms in total. The molecule has 1 heterocycles. The highest BCUT2D eigenvalue weighted by atomic mass is 16.6. The monoisotopic (exact) mass is 250 g/mol. The van der Waals surface area contributed by atoms with E-state index in [0.717, 1.165) is 5.75 Å². The molecular formula is C13H18N2O3. The number of carbonyl (C=O) groups is 1. The van der Waals surface area contributed by atoms with Gasteiger partial charge in [-0.3, -0.25) is 4.79 Å². The van der Waals surface area contributed by atoms with Crippen LogP contribution < -0.4 is 20.5 Å². The van der Waals surface area contributed by atoms with Gasteiger partial charge in [-0.05, 0) is 26.0 Å². The van der Waals surface area contributed by atoms with E-state index in [0.29, 0.717) is 18.9 Å². The Morgan fingerprint density at radius 3 is 2.78 bits per heavy atom. The van der Waals surface area contributed by atoms with Crippen molar-refractivity contribution < 1.29 is 14.3 Å². The number of fused-ring (bicyclic) bond motifs is 1.